The lowest BCUT2D eigenvalue weighted by Crippen LogP contribution is -3.15. The van der Waals surface area contributed by atoms with Crippen LogP contribution in [0.15, 0.2) is 58.3 Å². The van der Waals surface area contributed by atoms with Gasteiger partial charge in [-0.05, 0) is 42.0 Å². The summed E-state index contributed by atoms with van der Waals surface area (Å²) >= 11 is 1.59. The highest BCUT2D eigenvalue weighted by molar-refractivity contribution is 7.98. The topological polar surface area (TPSA) is 70.9 Å². The zero-order valence-electron chi connectivity index (χ0n) is 17.7. The first kappa shape index (κ1) is 22.8. The molecule has 0 aromatic heterocycles. The summed E-state index contributed by atoms with van der Waals surface area (Å²) in [6.07, 6.45) is 1.98. The van der Waals surface area contributed by atoms with E-state index in [0.29, 0.717) is 43.5 Å². The second-order valence-corrected chi connectivity index (χ2v) is 10.6. The van der Waals surface area contributed by atoms with Gasteiger partial charge >= 0.3 is 0 Å². The van der Waals surface area contributed by atoms with E-state index in [1.165, 1.54) is 4.31 Å². The Hall–Kier alpha value is -1.87. The van der Waals surface area contributed by atoms with E-state index in [1.54, 1.807) is 23.9 Å². The second-order valence-electron chi connectivity index (χ2n) is 7.80. The van der Waals surface area contributed by atoms with Crippen LogP contribution in [0.1, 0.15) is 25.3 Å². The van der Waals surface area contributed by atoms with Crippen LogP contribution in [0.2, 0.25) is 0 Å². The van der Waals surface area contributed by atoms with Gasteiger partial charge in [-0.25, -0.2) is 8.42 Å². The molecule has 1 fully saturated rings. The molecular weight excluding hydrogens is 418 g/mol. The maximum Gasteiger partial charge on any atom is 0.279 e. The summed E-state index contributed by atoms with van der Waals surface area (Å²) in [5.74, 6) is 0.315. The number of carbonyl (C=O) groups is 1. The summed E-state index contributed by atoms with van der Waals surface area (Å²) in [6.45, 7) is 6.56. The van der Waals surface area contributed by atoms with Crippen molar-refractivity contribution >= 4 is 33.4 Å². The van der Waals surface area contributed by atoms with E-state index in [1.807, 2.05) is 42.7 Å². The van der Waals surface area contributed by atoms with Crippen LogP contribution in [0.25, 0.3) is 0 Å². The molecule has 1 heterocycles. The first-order chi connectivity index (χ1) is 14.3. The number of rotatable bonds is 7. The van der Waals surface area contributed by atoms with E-state index in [9.17, 15) is 13.2 Å². The van der Waals surface area contributed by atoms with Gasteiger partial charge in [0, 0.05) is 4.90 Å². The van der Waals surface area contributed by atoms with Crippen LogP contribution in [-0.4, -0.2) is 57.6 Å². The van der Waals surface area contributed by atoms with Gasteiger partial charge in [-0.15, -0.1) is 11.8 Å². The molecule has 6 nitrogen and oxygen atoms in total. The number of nitrogens with zero attached hydrogens (tertiary/aromatic N) is 1. The molecule has 0 bridgehead atoms. The van der Waals surface area contributed by atoms with Gasteiger partial charge in [0.2, 0.25) is 10.0 Å². The van der Waals surface area contributed by atoms with Gasteiger partial charge in [0.25, 0.3) is 5.91 Å². The van der Waals surface area contributed by atoms with Crippen molar-refractivity contribution in [2.75, 3.05) is 44.3 Å². The summed E-state index contributed by atoms with van der Waals surface area (Å²) in [6, 6.07) is 14.9. The third kappa shape index (κ3) is 5.43. The van der Waals surface area contributed by atoms with Crippen LogP contribution >= 0.6 is 11.8 Å². The average molecular weight is 449 g/mol. The van der Waals surface area contributed by atoms with Crippen LogP contribution in [-0.2, 0) is 14.8 Å². The Bertz CT molecular complexity index is 967. The number of amides is 1. The Morgan fingerprint density at radius 2 is 1.73 bits per heavy atom. The van der Waals surface area contributed by atoms with E-state index in [-0.39, 0.29) is 5.91 Å². The standard InChI is InChI=1S/C22H29N3O3S2/c1-17(2)18-8-10-19(11-9-18)30(27,28)25-14-12-24(13-15-25)16-22(26)23-20-6-4-5-7-21(20)29-3/h4-11,17H,12-16H2,1-3H3,(H,23,26)/p+1. The Morgan fingerprint density at radius 1 is 1.10 bits per heavy atom. The largest absolute Gasteiger partial charge is 0.325 e. The molecule has 162 valence electrons. The number of para-hydroxylation sites is 1. The molecule has 2 aromatic rings. The minimum Gasteiger partial charge on any atom is -0.325 e. The van der Waals surface area contributed by atoms with Crippen molar-refractivity contribution in [2.45, 2.75) is 29.6 Å². The molecule has 2 N–H and O–H groups in total. The predicted octanol–water partition coefficient (Wildman–Crippen LogP) is 2.06. The third-order valence-electron chi connectivity index (χ3n) is 5.41. The summed E-state index contributed by atoms with van der Waals surface area (Å²) in [7, 11) is -3.50. The smallest absolute Gasteiger partial charge is 0.279 e. The normalized spacial score (nSPS) is 16.0. The van der Waals surface area contributed by atoms with E-state index in [0.717, 1.165) is 21.0 Å². The Balaban J connectivity index is 1.55. The lowest BCUT2D eigenvalue weighted by molar-refractivity contribution is -0.895. The zero-order valence-corrected chi connectivity index (χ0v) is 19.4. The average Bonchev–Trinajstić information content (AvgIpc) is 2.74. The molecule has 0 saturated carbocycles. The number of nitrogens with one attached hydrogen (secondary N) is 2. The fourth-order valence-electron chi connectivity index (χ4n) is 3.56. The molecule has 8 heteroatoms. The van der Waals surface area contributed by atoms with E-state index in [2.05, 4.69) is 19.2 Å². The molecular formula is C22H30N3O3S2+. The van der Waals surface area contributed by atoms with Gasteiger partial charge in [0.05, 0.1) is 36.8 Å². The maximum atomic E-state index is 12.9. The summed E-state index contributed by atoms with van der Waals surface area (Å²) in [5.41, 5.74) is 1.94. The first-order valence-corrected chi connectivity index (χ1v) is 12.8. The highest BCUT2D eigenvalue weighted by atomic mass is 32.2. The molecule has 0 spiro atoms. The maximum absolute atomic E-state index is 12.9. The predicted molar refractivity (Wildman–Crippen MR) is 122 cm³/mol. The van der Waals surface area contributed by atoms with Crippen molar-refractivity contribution in [1.82, 2.24) is 4.31 Å². The number of sulfonamides is 1. The molecule has 0 atom stereocenters. The van der Waals surface area contributed by atoms with Crippen molar-refractivity contribution in [3.05, 3.63) is 54.1 Å². The zero-order chi connectivity index (χ0) is 21.7. The van der Waals surface area contributed by atoms with E-state index >= 15 is 0 Å². The summed E-state index contributed by atoms with van der Waals surface area (Å²) in [4.78, 5) is 14.9. The van der Waals surface area contributed by atoms with Gasteiger partial charge < -0.3 is 10.2 Å². The lowest BCUT2D eigenvalue weighted by atomic mass is 10.0. The number of benzene rings is 2. The highest BCUT2D eigenvalue weighted by Gasteiger charge is 2.31. The fourth-order valence-corrected chi connectivity index (χ4v) is 5.56. The second kappa shape index (κ2) is 9.96. The number of thioether (sulfide) groups is 1. The van der Waals surface area contributed by atoms with E-state index < -0.39 is 10.0 Å². The SMILES string of the molecule is CSc1ccccc1NC(=O)C[NH+]1CCN(S(=O)(=O)c2ccc(C(C)C)cc2)CC1. The monoisotopic (exact) mass is 448 g/mol. The number of hydrogen-bond donors (Lipinski definition) is 2. The van der Waals surface area contributed by atoms with Crippen molar-refractivity contribution in [3.63, 3.8) is 0 Å². The fraction of sp³-hybridized carbons (Fsp3) is 0.409. The van der Waals surface area contributed by atoms with Gasteiger partial charge in [-0.2, -0.15) is 4.31 Å². The molecule has 0 aliphatic carbocycles. The van der Waals surface area contributed by atoms with Crippen LogP contribution in [0.3, 0.4) is 0 Å². The number of quaternary nitrogens is 1. The van der Waals surface area contributed by atoms with Crippen LogP contribution in [0.5, 0.6) is 0 Å². The first-order valence-electron chi connectivity index (χ1n) is 10.2. The summed E-state index contributed by atoms with van der Waals surface area (Å²) < 4.78 is 27.4. The Labute approximate surface area is 183 Å². The molecule has 1 saturated heterocycles. The van der Waals surface area contributed by atoms with Crippen molar-refractivity contribution in [1.29, 1.82) is 0 Å². The van der Waals surface area contributed by atoms with E-state index in [4.69, 9.17) is 0 Å². The molecule has 1 aliphatic rings. The number of hydrogen-bond acceptors (Lipinski definition) is 4. The Morgan fingerprint density at radius 3 is 2.33 bits per heavy atom. The third-order valence-corrected chi connectivity index (χ3v) is 8.11. The number of piperazine rings is 1. The molecule has 0 unspecified atom stereocenters. The molecule has 0 radical (unpaired) electrons. The minimum absolute atomic E-state index is 0.0490. The molecule has 2 aromatic carbocycles. The van der Waals surface area contributed by atoms with Gasteiger partial charge in [-0.3, -0.25) is 4.79 Å². The number of carbonyl (C=O) groups excluding carboxylic acids is 1. The van der Waals surface area contributed by atoms with Crippen molar-refractivity contribution in [2.24, 2.45) is 0 Å². The summed E-state index contributed by atoms with van der Waals surface area (Å²) in [5, 5.41) is 2.98. The molecule has 1 amide bonds. The van der Waals surface area contributed by atoms with Crippen molar-refractivity contribution < 1.29 is 18.1 Å². The van der Waals surface area contributed by atoms with Gasteiger partial charge in [0.15, 0.2) is 6.54 Å². The molecule has 3 rings (SSSR count). The number of anilines is 1. The van der Waals surface area contributed by atoms with Crippen LogP contribution in [0.4, 0.5) is 5.69 Å². The van der Waals surface area contributed by atoms with Gasteiger partial charge in [-0.1, -0.05) is 38.1 Å². The van der Waals surface area contributed by atoms with Gasteiger partial charge in [0.1, 0.15) is 0 Å². The lowest BCUT2D eigenvalue weighted by Gasteiger charge is -2.31. The molecule has 1 aliphatic heterocycles. The Kier molecular flexibility index (Phi) is 7.57. The van der Waals surface area contributed by atoms with Crippen LogP contribution < -0.4 is 10.2 Å². The van der Waals surface area contributed by atoms with Crippen molar-refractivity contribution in [3.8, 4) is 0 Å². The van der Waals surface area contributed by atoms with Crippen LogP contribution in [0, 0.1) is 0 Å². The quantitative estimate of drug-likeness (QED) is 0.636. The molecule has 30 heavy (non-hydrogen) atoms. The highest BCUT2D eigenvalue weighted by Crippen LogP contribution is 2.24. The minimum atomic E-state index is -3.50.